The average molecular weight is 444 g/mol. The minimum atomic E-state index is -3.36. The van der Waals surface area contributed by atoms with Crippen molar-refractivity contribution < 1.29 is 26.7 Å². The van der Waals surface area contributed by atoms with Crippen LogP contribution in [-0.4, -0.2) is 6.11 Å². The standard InChI is InChI=1S/C26H21F5O/c1-13-3-9-19(21(27)11-13)15-4-6-16(7-5-15)20-12-17-8-10-18-14(2)26(30,31)32-25(18)22(17)24(29)23(20)28/h3-7,9,11-12,14,18,25H,8,10H2,1-2H3. The second-order valence-corrected chi connectivity index (χ2v) is 8.78. The van der Waals surface area contributed by atoms with Gasteiger partial charge < -0.3 is 4.74 Å². The summed E-state index contributed by atoms with van der Waals surface area (Å²) in [4.78, 5) is 0. The molecule has 0 amide bonds. The zero-order valence-corrected chi connectivity index (χ0v) is 17.6. The van der Waals surface area contributed by atoms with Crippen LogP contribution < -0.4 is 0 Å². The molecule has 5 rings (SSSR count). The highest BCUT2D eigenvalue weighted by molar-refractivity contribution is 5.72. The van der Waals surface area contributed by atoms with Gasteiger partial charge in [-0.2, -0.15) is 8.78 Å². The summed E-state index contributed by atoms with van der Waals surface area (Å²) in [5.41, 5.74) is 2.70. The number of fused-ring (bicyclic) bond motifs is 3. The molecule has 0 N–H and O–H groups in total. The summed E-state index contributed by atoms with van der Waals surface area (Å²) in [5.74, 6) is -4.20. The summed E-state index contributed by atoms with van der Waals surface area (Å²) in [5, 5.41) is 0. The molecule has 166 valence electrons. The summed E-state index contributed by atoms with van der Waals surface area (Å²) in [7, 11) is 0. The maximum Gasteiger partial charge on any atom is 0.359 e. The third-order valence-electron chi connectivity index (χ3n) is 6.84. The minimum Gasteiger partial charge on any atom is -0.312 e. The topological polar surface area (TPSA) is 9.23 Å². The number of halogens is 5. The Kier molecular flexibility index (Phi) is 4.89. The quantitative estimate of drug-likeness (QED) is 0.370. The molecular weight excluding hydrogens is 423 g/mol. The fraction of sp³-hybridized carbons (Fsp3) is 0.308. The third kappa shape index (κ3) is 3.24. The predicted molar refractivity (Wildman–Crippen MR) is 112 cm³/mol. The largest absolute Gasteiger partial charge is 0.359 e. The highest BCUT2D eigenvalue weighted by Gasteiger charge is 2.56. The lowest BCUT2D eigenvalue weighted by atomic mass is 9.76. The van der Waals surface area contributed by atoms with Gasteiger partial charge in [0.25, 0.3) is 0 Å². The summed E-state index contributed by atoms with van der Waals surface area (Å²) in [6, 6.07) is 12.9. The molecule has 1 saturated heterocycles. The van der Waals surface area contributed by atoms with Crippen LogP contribution in [-0.2, 0) is 11.2 Å². The van der Waals surface area contributed by atoms with Crippen molar-refractivity contribution in [2.75, 3.05) is 0 Å². The van der Waals surface area contributed by atoms with Crippen LogP contribution in [0.3, 0.4) is 0 Å². The van der Waals surface area contributed by atoms with Gasteiger partial charge in [0.1, 0.15) is 5.82 Å². The normalized spacial score (nSPS) is 23.7. The minimum absolute atomic E-state index is 0.0495. The molecular formula is C26H21F5O. The van der Waals surface area contributed by atoms with Crippen LogP contribution in [0.5, 0.6) is 0 Å². The molecule has 32 heavy (non-hydrogen) atoms. The Morgan fingerprint density at radius 1 is 0.875 bits per heavy atom. The molecule has 0 saturated carbocycles. The van der Waals surface area contributed by atoms with Gasteiger partial charge in [0.2, 0.25) is 0 Å². The first kappa shape index (κ1) is 21.1. The molecule has 1 heterocycles. The van der Waals surface area contributed by atoms with Crippen molar-refractivity contribution in [1.82, 2.24) is 0 Å². The molecule has 3 atom stereocenters. The van der Waals surface area contributed by atoms with E-state index >= 15 is 8.78 Å². The van der Waals surface area contributed by atoms with Gasteiger partial charge in [-0.05, 0) is 54.2 Å². The summed E-state index contributed by atoms with van der Waals surface area (Å²) < 4.78 is 77.5. The second kappa shape index (κ2) is 7.41. The van der Waals surface area contributed by atoms with Crippen molar-refractivity contribution in [1.29, 1.82) is 0 Å². The lowest BCUT2D eigenvalue weighted by Gasteiger charge is -2.29. The summed E-state index contributed by atoms with van der Waals surface area (Å²) in [6.07, 6.45) is -3.72. The number of alkyl halides is 2. The van der Waals surface area contributed by atoms with Crippen LogP contribution in [0, 0.1) is 36.2 Å². The van der Waals surface area contributed by atoms with Crippen LogP contribution in [0.15, 0.2) is 48.5 Å². The van der Waals surface area contributed by atoms with Gasteiger partial charge in [-0.3, -0.25) is 0 Å². The Balaban J connectivity index is 1.53. The predicted octanol–water partition coefficient (Wildman–Crippen LogP) is 7.61. The van der Waals surface area contributed by atoms with Crippen LogP contribution >= 0.6 is 0 Å². The van der Waals surface area contributed by atoms with Gasteiger partial charge >= 0.3 is 6.11 Å². The van der Waals surface area contributed by atoms with Crippen LogP contribution in [0.2, 0.25) is 0 Å². The molecule has 1 fully saturated rings. The lowest BCUT2D eigenvalue weighted by Crippen LogP contribution is -2.25. The van der Waals surface area contributed by atoms with E-state index < -0.39 is 35.7 Å². The Morgan fingerprint density at radius 2 is 1.53 bits per heavy atom. The van der Waals surface area contributed by atoms with Gasteiger partial charge in [-0.25, -0.2) is 13.2 Å². The molecule has 0 radical (unpaired) electrons. The summed E-state index contributed by atoms with van der Waals surface area (Å²) >= 11 is 0. The number of hydrogen-bond donors (Lipinski definition) is 0. The average Bonchev–Trinajstić information content (AvgIpc) is 2.99. The molecule has 2 aliphatic rings. The van der Waals surface area contributed by atoms with Crippen LogP contribution in [0.4, 0.5) is 22.0 Å². The van der Waals surface area contributed by atoms with Gasteiger partial charge in [0, 0.05) is 22.6 Å². The Morgan fingerprint density at radius 3 is 2.19 bits per heavy atom. The van der Waals surface area contributed by atoms with Crippen LogP contribution in [0.1, 0.15) is 36.1 Å². The number of hydrogen-bond acceptors (Lipinski definition) is 1. The molecule has 3 unspecified atom stereocenters. The lowest BCUT2D eigenvalue weighted by molar-refractivity contribution is -0.245. The first-order valence-corrected chi connectivity index (χ1v) is 10.6. The Hall–Kier alpha value is -2.73. The zero-order chi connectivity index (χ0) is 22.8. The highest BCUT2D eigenvalue weighted by Crippen LogP contribution is 2.55. The number of benzene rings is 3. The summed E-state index contributed by atoms with van der Waals surface area (Å²) in [6.45, 7) is 3.18. The molecule has 1 aliphatic heterocycles. The Bertz CT molecular complexity index is 1200. The van der Waals surface area contributed by atoms with Gasteiger partial charge in [-0.15, -0.1) is 0 Å². The first-order chi connectivity index (χ1) is 15.2. The maximum atomic E-state index is 15.1. The molecule has 1 aliphatic carbocycles. The highest BCUT2D eigenvalue weighted by atomic mass is 19.3. The molecule has 0 spiro atoms. The van der Waals surface area contributed by atoms with E-state index in [4.69, 9.17) is 4.74 Å². The van der Waals surface area contributed by atoms with E-state index in [1.807, 2.05) is 0 Å². The second-order valence-electron chi connectivity index (χ2n) is 8.78. The van der Waals surface area contributed by atoms with Crippen molar-refractivity contribution in [3.63, 3.8) is 0 Å². The van der Waals surface area contributed by atoms with E-state index in [2.05, 4.69) is 0 Å². The molecule has 3 aromatic carbocycles. The number of ether oxygens (including phenoxy) is 1. The van der Waals surface area contributed by atoms with Gasteiger partial charge in [0.05, 0.1) is 12.0 Å². The van der Waals surface area contributed by atoms with E-state index in [9.17, 15) is 13.2 Å². The molecule has 3 aromatic rings. The SMILES string of the molecule is Cc1ccc(-c2ccc(-c3cc4c(c(F)c3F)C3OC(F)(F)C(C)C3CC4)cc2)c(F)c1. The fourth-order valence-electron chi connectivity index (χ4n) is 4.97. The third-order valence-corrected chi connectivity index (χ3v) is 6.84. The van der Waals surface area contributed by atoms with Crippen molar-refractivity contribution in [2.45, 2.75) is 38.9 Å². The van der Waals surface area contributed by atoms with Crippen molar-refractivity contribution in [3.8, 4) is 22.3 Å². The van der Waals surface area contributed by atoms with Crippen molar-refractivity contribution in [2.24, 2.45) is 11.8 Å². The Labute approximate surface area is 182 Å². The maximum absolute atomic E-state index is 15.1. The molecule has 6 heteroatoms. The van der Waals surface area contributed by atoms with E-state index in [0.29, 0.717) is 35.1 Å². The van der Waals surface area contributed by atoms with E-state index in [1.165, 1.54) is 19.1 Å². The molecule has 1 nitrogen and oxygen atoms in total. The van der Waals surface area contributed by atoms with Crippen molar-refractivity contribution in [3.05, 3.63) is 82.7 Å². The monoisotopic (exact) mass is 444 g/mol. The smallest absolute Gasteiger partial charge is 0.312 e. The van der Waals surface area contributed by atoms with E-state index in [-0.39, 0.29) is 16.9 Å². The van der Waals surface area contributed by atoms with Gasteiger partial charge in [-0.1, -0.05) is 43.3 Å². The number of aryl methyl sites for hydroxylation is 2. The van der Waals surface area contributed by atoms with Crippen LogP contribution in [0.25, 0.3) is 22.3 Å². The molecule has 0 aromatic heterocycles. The number of rotatable bonds is 2. The fourth-order valence-corrected chi connectivity index (χ4v) is 4.97. The van der Waals surface area contributed by atoms with Gasteiger partial charge in [0.15, 0.2) is 11.6 Å². The molecule has 0 bridgehead atoms. The van der Waals surface area contributed by atoms with Crippen molar-refractivity contribution >= 4 is 0 Å². The first-order valence-electron chi connectivity index (χ1n) is 10.6. The van der Waals surface area contributed by atoms with E-state index in [0.717, 1.165) is 5.56 Å². The van der Waals surface area contributed by atoms with E-state index in [1.54, 1.807) is 43.3 Å². The zero-order valence-electron chi connectivity index (χ0n) is 17.6.